The first-order chi connectivity index (χ1) is 9.08. The lowest BCUT2D eigenvalue weighted by molar-refractivity contribution is 0.114. The molecule has 1 aliphatic rings. The monoisotopic (exact) mass is 329 g/mol. The topological polar surface area (TPSA) is 32.3 Å². The van der Waals surface area contributed by atoms with Gasteiger partial charge in [-0.15, -0.1) is 0 Å². The van der Waals surface area contributed by atoms with Crippen LogP contribution in [0.4, 0.5) is 4.39 Å². The van der Waals surface area contributed by atoms with E-state index in [1.165, 1.54) is 6.07 Å². The molecule has 0 heterocycles. The van der Waals surface area contributed by atoms with E-state index < -0.39 is 0 Å². The molecule has 1 saturated carbocycles. The minimum absolute atomic E-state index is 0.138. The van der Waals surface area contributed by atoms with Crippen molar-refractivity contribution in [2.75, 3.05) is 0 Å². The lowest BCUT2D eigenvalue weighted by Crippen LogP contribution is -2.37. The summed E-state index contributed by atoms with van der Waals surface area (Å²) in [5, 5.41) is 13.1. The molecule has 1 aromatic rings. The molecule has 0 spiro atoms. The van der Waals surface area contributed by atoms with Gasteiger partial charge in [-0.05, 0) is 55.9 Å². The molecule has 2 N–H and O–H groups in total. The van der Waals surface area contributed by atoms with Crippen molar-refractivity contribution in [1.29, 1.82) is 0 Å². The van der Waals surface area contributed by atoms with E-state index in [9.17, 15) is 9.50 Å². The first kappa shape index (κ1) is 14.9. The number of aliphatic hydroxyl groups excluding tert-OH is 1. The average molecular weight is 330 g/mol. The highest BCUT2D eigenvalue weighted by atomic mass is 79.9. The van der Waals surface area contributed by atoms with Crippen LogP contribution in [-0.2, 0) is 0 Å². The smallest absolute Gasteiger partial charge is 0.124 e. The molecule has 0 aliphatic heterocycles. The quantitative estimate of drug-likeness (QED) is 0.877. The van der Waals surface area contributed by atoms with Crippen LogP contribution in [0.1, 0.15) is 50.6 Å². The Morgan fingerprint density at radius 3 is 2.58 bits per heavy atom. The summed E-state index contributed by atoms with van der Waals surface area (Å²) >= 11 is 3.34. The van der Waals surface area contributed by atoms with Crippen molar-refractivity contribution < 1.29 is 9.50 Å². The molecule has 0 radical (unpaired) electrons. The van der Waals surface area contributed by atoms with E-state index in [1.807, 2.05) is 6.07 Å². The van der Waals surface area contributed by atoms with Crippen molar-refractivity contribution >= 4 is 15.9 Å². The third kappa shape index (κ3) is 4.26. The van der Waals surface area contributed by atoms with Crippen LogP contribution >= 0.6 is 15.9 Å². The van der Waals surface area contributed by atoms with Crippen LogP contribution < -0.4 is 5.32 Å². The summed E-state index contributed by atoms with van der Waals surface area (Å²) < 4.78 is 14.2. The Morgan fingerprint density at radius 1 is 1.32 bits per heavy atom. The molecule has 1 fully saturated rings. The summed E-state index contributed by atoms with van der Waals surface area (Å²) in [5.74, 6) is -0.205. The fourth-order valence-corrected chi connectivity index (χ4v) is 3.24. The van der Waals surface area contributed by atoms with Gasteiger partial charge in [0.25, 0.3) is 0 Å². The van der Waals surface area contributed by atoms with Crippen LogP contribution in [-0.4, -0.2) is 17.3 Å². The molecule has 4 heteroatoms. The van der Waals surface area contributed by atoms with Gasteiger partial charge in [0.2, 0.25) is 0 Å². The van der Waals surface area contributed by atoms with Gasteiger partial charge in [-0.1, -0.05) is 22.9 Å². The number of benzene rings is 1. The van der Waals surface area contributed by atoms with E-state index in [0.29, 0.717) is 6.04 Å². The van der Waals surface area contributed by atoms with E-state index >= 15 is 0 Å². The van der Waals surface area contributed by atoms with E-state index in [2.05, 4.69) is 28.2 Å². The van der Waals surface area contributed by atoms with Gasteiger partial charge in [0, 0.05) is 16.6 Å². The highest BCUT2D eigenvalue weighted by Gasteiger charge is 2.22. The maximum absolute atomic E-state index is 13.5. The zero-order valence-electron chi connectivity index (χ0n) is 11.2. The molecule has 19 heavy (non-hydrogen) atoms. The largest absolute Gasteiger partial charge is 0.393 e. The second-order valence-electron chi connectivity index (χ2n) is 5.34. The minimum Gasteiger partial charge on any atom is -0.393 e. The summed E-state index contributed by atoms with van der Waals surface area (Å²) in [4.78, 5) is 0. The SMILES string of the molecule is CCC(NC1CCC(O)CC1)c1cc(F)cc(Br)c1. The number of hydrogen-bond acceptors (Lipinski definition) is 2. The second-order valence-corrected chi connectivity index (χ2v) is 6.25. The Labute approximate surface area is 122 Å². The van der Waals surface area contributed by atoms with Gasteiger partial charge < -0.3 is 10.4 Å². The Bertz CT molecular complexity index is 398. The molecule has 1 aromatic carbocycles. The zero-order valence-corrected chi connectivity index (χ0v) is 12.8. The molecule has 2 nitrogen and oxygen atoms in total. The lowest BCUT2D eigenvalue weighted by atomic mass is 9.91. The van der Waals surface area contributed by atoms with Crippen LogP contribution in [0.2, 0.25) is 0 Å². The number of halogens is 2. The number of aliphatic hydroxyl groups is 1. The van der Waals surface area contributed by atoms with Crippen LogP contribution in [0.5, 0.6) is 0 Å². The minimum atomic E-state index is -0.205. The Kier molecular flexibility index (Phi) is 5.37. The van der Waals surface area contributed by atoms with E-state index in [-0.39, 0.29) is 18.0 Å². The van der Waals surface area contributed by atoms with E-state index in [1.54, 1.807) is 6.07 Å². The van der Waals surface area contributed by atoms with E-state index in [4.69, 9.17) is 0 Å². The predicted molar refractivity (Wildman–Crippen MR) is 78.5 cm³/mol. The van der Waals surface area contributed by atoms with Gasteiger partial charge in [-0.25, -0.2) is 4.39 Å². The molecule has 2 rings (SSSR count). The third-order valence-electron chi connectivity index (χ3n) is 3.83. The molecule has 0 bridgehead atoms. The van der Waals surface area contributed by atoms with Gasteiger partial charge >= 0.3 is 0 Å². The molecule has 0 amide bonds. The number of hydrogen-bond donors (Lipinski definition) is 2. The van der Waals surface area contributed by atoms with Crippen LogP contribution in [0.15, 0.2) is 22.7 Å². The van der Waals surface area contributed by atoms with Gasteiger partial charge in [-0.3, -0.25) is 0 Å². The van der Waals surface area contributed by atoms with Crippen LogP contribution in [0.3, 0.4) is 0 Å². The third-order valence-corrected chi connectivity index (χ3v) is 4.29. The van der Waals surface area contributed by atoms with E-state index in [0.717, 1.165) is 42.1 Å². The highest BCUT2D eigenvalue weighted by Crippen LogP contribution is 2.26. The Balaban J connectivity index is 2.03. The van der Waals surface area contributed by atoms with Crippen molar-refractivity contribution in [2.24, 2.45) is 0 Å². The van der Waals surface area contributed by atoms with Gasteiger partial charge in [0.15, 0.2) is 0 Å². The molecule has 0 aromatic heterocycles. The van der Waals surface area contributed by atoms with Gasteiger partial charge in [0.05, 0.1) is 6.10 Å². The van der Waals surface area contributed by atoms with Crippen molar-refractivity contribution in [2.45, 2.75) is 57.2 Å². The summed E-state index contributed by atoms with van der Waals surface area (Å²) in [7, 11) is 0. The zero-order chi connectivity index (χ0) is 13.8. The standard InChI is InChI=1S/C15H21BrFNO/c1-2-15(10-7-11(16)9-12(17)8-10)18-13-3-5-14(19)6-4-13/h7-9,13-15,18-19H,2-6H2,1H3. The summed E-state index contributed by atoms with van der Waals surface area (Å²) in [6, 6.07) is 5.65. The number of nitrogens with one attached hydrogen (secondary N) is 1. The average Bonchev–Trinajstić information content (AvgIpc) is 2.37. The Morgan fingerprint density at radius 2 is 2.00 bits per heavy atom. The second kappa shape index (κ2) is 6.82. The lowest BCUT2D eigenvalue weighted by Gasteiger charge is -2.30. The van der Waals surface area contributed by atoms with Crippen LogP contribution in [0.25, 0.3) is 0 Å². The normalized spacial score (nSPS) is 25.3. The van der Waals surface area contributed by atoms with Crippen LogP contribution in [0, 0.1) is 5.82 Å². The molecule has 0 saturated heterocycles. The van der Waals surface area contributed by atoms with Gasteiger partial charge in [0.1, 0.15) is 5.82 Å². The summed E-state index contributed by atoms with van der Waals surface area (Å²) in [6.07, 6.45) is 4.50. The number of rotatable bonds is 4. The van der Waals surface area contributed by atoms with Gasteiger partial charge in [-0.2, -0.15) is 0 Å². The first-order valence-corrected chi connectivity index (χ1v) is 7.78. The fourth-order valence-electron chi connectivity index (χ4n) is 2.75. The fraction of sp³-hybridized carbons (Fsp3) is 0.600. The van der Waals surface area contributed by atoms with Crippen molar-refractivity contribution in [3.8, 4) is 0 Å². The predicted octanol–water partition coefficient (Wildman–Crippen LogP) is 3.93. The summed E-state index contributed by atoms with van der Waals surface area (Å²) in [6.45, 7) is 2.11. The maximum atomic E-state index is 13.5. The molecular formula is C15H21BrFNO. The Hall–Kier alpha value is -0.450. The maximum Gasteiger partial charge on any atom is 0.124 e. The van der Waals surface area contributed by atoms with Crippen molar-refractivity contribution in [3.05, 3.63) is 34.1 Å². The summed E-state index contributed by atoms with van der Waals surface area (Å²) in [5.41, 5.74) is 0.987. The molecule has 1 aliphatic carbocycles. The molecule has 1 atom stereocenters. The first-order valence-electron chi connectivity index (χ1n) is 6.98. The molecule has 106 valence electrons. The molecule has 1 unspecified atom stereocenters. The van der Waals surface area contributed by atoms with Crippen molar-refractivity contribution in [1.82, 2.24) is 5.32 Å². The van der Waals surface area contributed by atoms with Crippen molar-refractivity contribution in [3.63, 3.8) is 0 Å². The highest BCUT2D eigenvalue weighted by molar-refractivity contribution is 9.10. The molecular weight excluding hydrogens is 309 g/mol.